The van der Waals surface area contributed by atoms with E-state index in [1.165, 1.54) is 11.8 Å². The molecule has 12 heteroatoms. The van der Waals surface area contributed by atoms with Gasteiger partial charge in [0.15, 0.2) is 0 Å². The SMILES string of the molecule is CC(=O)N[C@@H](C(=O)N1C[C@H]2CCC[C@H]2[C@H]1C(=O)N[C@H](/C=C(\F)S(C)(=O)=O)C[C@H]1CCNC1=O)c1ccccc1. The lowest BCUT2D eigenvalue weighted by Crippen LogP contribution is -2.53. The summed E-state index contributed by atoms with van der Waals surface area (Å²) >= 11 is 0. The first kappa shape index (κ1) is 28.7. The molecule has 0 radical (unpaired) electrons. The van der Waals surface area contributed by atoms with Crippen LogP contribution in [0, 0.1) is 17.8 Å². The molecular weight excluding hydrogens is 527 g/mol. The van der Waals surface area contributed by atoms with E-state index in [1.54, 1.807) is 30.3 Å². The van der Waals surface area contributed by atoms with Crippen LogP contribution in [0.15, 0.2) is 41.6 Å². The van der Waals surface area contributed by atoms with Crippen molar-refractivity contribution in [1.82, 2.24) is 20.9 Å². The molecule has 10 nitrogen and oxygen atoms in total. The van der Waals surface area contributed by atoms with Crippen LogP contribution in [0.2, 0.25) is 0 Å². The normalized spacial score (nSPS) is 26.5. The van der Waals surface area contributed by atoms with E-state index in [-0.39, 0.29) is 24.2 Å². The third kappa shape index (κ3) is 6.66. The molecule has 1 aliphatic carbocycles. The molecule has 39 heavy (non-hydrogen) atoms. The van der Waals surface area contributed by atoms with Crippen molar-refractivity contribution in [2.45, 2.75) is 57.2 Å². The van der Waals surface area contributed by atoms with Crippen LogP contribution in [0.4, 0.5) is 4.39 Å². The topological polar surface area (TPSA) is 142 Å². The molecule has 0 aromatic heterocycles. The number of amides is 4. The third-order valence-electron chi connectivity index (χ3n) is 7.88. The zero-order chi connectivity index (χ0) is 28.3. The highest BCUT2D eigenvalue weighted by Gasteiger charge is 2.51. The maximum atomic E-state index is 14.5. The van der Waals surface area contributed by atoms with Crippen LogP contribution in [-0.4, -0.2) is 68.4 Å². The van der Waals surface area contributed by atoms with Gasteiger partial charge < -0.3 is 20.9 Å². The van der Waals surface area contributed by atoms with Gasteiger partial charge in [0.25, 0.3) is 5.91 Å². The monoisotopic (exact) mass is 562 g/mol. The van der Waals surface area contributed by atoms with Crippen molar-refractivity contribution < 1.29 is 32.0 Å². The van der Waals surface area contributed by atoms with Crippen molar-refractivity contribution in [3.63, 3.8) is 0 Å². The van der Waals surface area contributed by atoms with Crippen LogP contribution in [0.25, 0.3) is 0 Å². The van der Waals surface area contributed by atoms with Gasteiger partial charge in [-0.1, -0.05) is 36.8 Å². The largest absolute Gasteiger partial charge is 0.356 e. The Morgan fingerprint density at radius 3 is 2.49 bits per heavy atom. The molecule has 2 heterocycles. The van der Waals surface area contributed by atoms with Crippen LogP contribution in [0.5, 0.6) is 0 Å². The predicted octanol–water partition coefficient (Wildman–Crippen LogP) is 1.36. The molecule has 4 amide bonds. The van der Waals surface area contributed by atoms with Gasteiger partial charge in [-0.3, -0.25) is 19.2 Å². The smallest absolute Gasteiger partial charge is 0.250 e. The lowest BCUT2D eigenvalue weighted by atomic mass is 9.92. The number of rotatable bonds is 9. The summed E-state index contributed by atoms with van der Waals surface area (Å²) in [7, 11) is -4.15. The number of sulfone groups is 1. The summed E-state index contributed by atoms with van der Waals surface area (Å²) in [6.45, 7) is 2.10. The van der Waals surface area contributed by atoms with Crippen molar-refractivity contribution in [3.05, 3.63) is 47.1 Å². The number of nitrogens with one attached hydrogen (secondary N) is 3. The zero-order valence-corrected chi connectivity index (χ0v) is 22.9. The molecule has 3 aliphatic rings. The molecular formula is C27H35FN4O6S. The van der Waals surface area contributed by atoms with Crippen molar-refractivity contribution >= 4 is 33.5 Å². The fourth-order valence-corrected chi connectivity index (χ4v) is 6.48. The van der Waals surface area contributed by atoms with Gasteiger partial charge in [0.2, 0.25) is 32.7 Å². The quantitative estimate of drug-likeness (QED) is 0.415. The summed E-state index contributed by atoms with van der Waals surface area (Å²) in [5.74, 6) is -2.13. The Morgan fingerprint density at radius 2 is 1.87 bits per heavy atom. The second-order valence-corrected chi connectivity index (χ2v) is 12.6. The van der Waals surface area contributed by atoms with Gasteiger partial charge in [0.05, 0.1) is 6.04 Å². The minimum Gasteiger partial charge on any atom is -0.356 e. The van der Waals surface area contributed by atoms with E-state index in [9.17, 15) is 32.0 Å². The third-order valence-corrected chi connectivity index (χ3v) is 8.73. The molecule has 0 spiro atoms. The van der Waals surface area contributed by atoms with Gasteiger partial charge in [-0.2, -0.15) is 4.39 Å². The maximum absolute atomic E-state index is 14.5. The molecule has 1 aromatic carbocycles. The zero-order valence-electron chi connectivity index (χ0n) is 22.1. The number of carbonyl (C=O) groups excluding carboxylic acids is 4. The summed E-state index contributed by atoms with van der Waals surface area (Å²) in [6, 6.07) is 5.83. The fraction of sp³-hybridized carbons (Fsp3) is 0.556. The second-order valence-electron chi connectivity index (χ2n) is 10.7. The van der Waals surface area contributed by atoms with Gasteiger partial charge in [-0.05, 0) is 49.2 Å². The standard InChI is InChI=1S/C27H35FN4O6S/c1-16(33)30-23(17-7-4-3-5-8-17)27(36)32-15-19-9-6-10-21(19)24(32)26(35)31-20(14-22(28)39(2,37)38)13-18-11-12-29-25(18)34/h3-5,7-8,14,18-21,23-24H,6,9-13,15H2,1-2H3,(H,29,34)(H,30,33)(H,31,35)/b22-14+/t18-,19-,20+,21-,23-,24+/m1/s1. The first-order chi connectivity index (χ1) is 18.5. The van der Waals surface area contributed by atoms with Gasteiger partial charge in [-0.25, -0.2) is 8.42 Å². The molecule has 6 atom stereocenters. The first-order valence-electron chi connectivity index (χ1n) is 13.2. The van der Waals surface area contributed by atoms with E-state index in [1.807, 2.05) is 0 Å². The lowest BCUT2D eigenvalue weighted by molar-refractivity contribution is -0.142. The number of hydrogen-bond acceptors (Lipinski definition) is 6. The average Bonchev–Trinajstić information content (AvgIpc) is 3.58. The Labute approximate surface area is 227 Å². The molecule has 4 rings (SSSR count). The number of halogens is 1. The fourth-order valence-electron chi connectivity index (χ4n) is 6.07. The van der Waals surface area contributed by atoms with Crippen LogP contribution >= 0.6 is 0 Å². The Hall–Kier alpha value is -3.28. The van der Waals surface area contributed by atoms with Crippen molar-refractivity contribution in [1.29, 1.82) is 0 Å². The maximum Gasteiger partial charge on any atom is 0.250 e. The van der Waals surface area contributed by atoms with E-state index in [0.717, 1.165) is 31.6 Å². The molecule has 0 unspecified atom stereocenters. The second kappa shape index (κ2) is 11.8. The first-order valence-corrected chi connectivity index (χ1v) is 15.1. The van der Waals surface area contributed by atoms with E-state index >= 15 is 0 Å². The number of hydrogen-bond donors (Lipinski definition) is 3. The predicted molar refractivity (Wildman–Crippen MR) is 141 cm³/mol. The molecule has 2 saturated heterocycles. The van der Waals surface area contributed by atoms with Gasteiger partial charge in [-0.15, -0.1) is 0 Å². The van der Waals surface area contributed by atoms with Crippen LogP contribution in [0.3, 0.4) is 0 Å². The van der Waals surface area contributed by atoms with Crippen molar-refractivity contribution in [2.75, 3.05) is 19.3 Å². The van der Waals surface area contributed by atoms with E-state index in [4.69, 9.17) is 0 Å². The lowest BCUT2D eigenvalue weighted by Gasteiger charge is -2.32. The Morgan fingerprint density at radius 1 is 1.15 bits per heavy atom. The molecule has 1 saturated carbocycles. The average molecular weight is 563 g/mol. The summed E-state index contributed by atoms with van der Waals surface area (Å²) in [5, 5.41) is 6.75. The van der Waals surface area contributed by atoms with Gasteiger partial charge in [0, 0.05) is 32.2 Å². The number of nitrogens with zero attached hydrogens (tertiary/aromatic N) is 1. The summed E-state index contributed by atoms with van der Waals surface area (Å²) in [4.78, 5) is 53.3. The van der Waals surface area contributed by atoms with Crippen molar-refractivity contribution in [2.24, 2.45) is 17.8 Å². The highest BCUT2D eigenvalue weighted by Crippen LogP contribution is 2.43. The Bertz CT molecular complexity index is 1250. The molecule has 2 aliphatic heterocycles. The number of fused-ring (bicyclic) bond motifs is 1. The Balaban J connectivity index is 1.62. The highest BCUT2D eigenvalue weighted by atomic mass is 32.2. The van der Waals surface area contributed by atoms with Crippen LogP contribution < -0.4 is 16.0 Å². The summed E-state index contributed by atoms with van der Waals surface area (Å²) in [5.41, 5.74) is 0.581. The van der Waals surface area contributed by atoms with Gasteiger partial charge >= 0.3 is 0 Å². The van der Waals surface area contributed by atoms with Crippen molar-refractivity contribution in [3.8, 4) is 0 Å². The van der Waals surface area contributed by atoms with E-state index in [0.29, 0.717) is 25.1 Å². The highest BCUT2D eigenvalue weighted by molar-refractivity contribution is 7.94. The minimum absolute atomic E-state index is 0.0216. The van der Waals surface area contributed by atoms with Gasteiger partial charge in [0.1, 0.15) is 12.1 Å². The molecule has 3 fully saturated rings. The Kier molecular flexibility index (Phi) is 8.73. The molecule has 212 valence electrons. The van der Waals surface area contributed by atoms with Crippen LogP contribution in [-0.2, 0) is 29.0 Å². The molecule has 0 bridgehead atoms. The number of likely N-dealkylation sites (tertiary alicyclic amines) is 1. The summed E-state index contributed by atoms with van der Waals surface area (Å²) in [6.07, 6.45) is 4.54. The van der Waals surface area contributed by atoms with E-state index in [2.05, 4.69) is 16.0 Å². The van der Waals surface area contributed by atoms with E-state index < -0.39 is 56.8 Å². The molecule has 1 aromatic rings. The van der Waals surface area contributed by atoms with Crippen LogP contribution in [0.1, 0.15) is 50.6 Å². The summed E-state index contributed by atoms with van der Waals surface area (Å²) < 4.78 is 38.1. The number of carbonyl (C=O) groups is 4. The minimum atomic E-state index is -4.15. The molecule has 3 N–H and O–H groups in total. The number of benzene rings is 1.